The normalized spacial score (nSPS) is 12.0. The second-order valence-electron chi connectivity index (χ2n) is 5.14. The van der Waals surface area contributed by atoms with Crippen molar-refractivity contribution in [2.45, 2.75) is 34.6 Å². The van der Waals surface area contributed by atoms with Crippen LogP contribution in [0.15, 0.2) is 0 Å². The lowest BCUT2D eigenvalue weighted by Gasteiger charge is -2.30. The molecule has 2 heteroatoms. The summed E-state index contributed by atoms with van der Waals surface area (Å²) in [6.45, 7) is 17.4. The first kappa shape index (κ1) is 17.3. The lowest BCUT2D eigenvalue weighted by atomic mass is 10.4. The molecular formula is C13H34N2+2. The molecule has 0 heterocycles. The number of nitrogens with zero attached hydrogens (tertiary/aromatic N) is 2. The number of rotatable bonds is 5. The third-order valence-corrected chi connectivity index (χ3v) is 4.00. The van der Waals surface area contributed by atoms with Crippen LogP contribution < -0.4 is 0 Å². The summed E-state index contributed by atoms with van der Waals surface area (Å²) in [5.74, 6) is 0. The molecule has 0 N–H and O–H groups in total. The summed E-state index contributed by atoms with van der Waals surface area (Å²) in [6, 6.07) is 0. The van der Waals surface area contributed by atoms with E-state index in [1.165, 1.54) is 37.2 Å². The van der Waals surface area contributed by atoms with Crippen molar-refractivity contribution in [2.75, 3.05) is 53.9 Å². The Morgan fingerprint density at radius 2 is 0.800 bits per heavy atom. The van der Waals surface area contributed by atoms with E-state index in [0.717, 1.165) is 4.48 Å². The Morgan fingerprint density at radius 1 is 0.533 bits per heavy atom. The van der Waals surface area contributed by atoms with Gasteiger partial charge in [0.1, 0.15) is 0 Å². The van der Waals surface area contributed by atoms with Crippen molar-refractivity contribution < 1.29 is 8.97 Å². The second-order valence-corrected chi connectivity index (χ2v) is 5.14. The fourth-order valence-electron chi connectivity index (χ4n) is 0.894. The molecule has 0 rings (SSSR count). The minimum Gasteiger partial charge on any atom is -0.329 e. The van der Waals surface area contributed by atoms with Crippen LogP contribution in [0, 0.1) is 0 Å². The van der Waals surface area contributed by atoms with E-state index in [1.807, 2.05) is 0 Å². The van der Waals surface area contributed by atoms with E-state index in [9.17, 15) is 0 Å². The molecule has 0 aromatic rings. The Bertz CT molecular complexity index is 123. The molecule has 0 aliphatic carbocycles. The SMILES string of the molecule is CC[N+](C)(C)CC.CC[N+](C)(CC)CC. The van der Waals surface area contributed by atoms with E-state index in [0.29, 0.717) is 0 Å². The topological polar surface area (TPSA) is 0 Å². The monoisotopic (exact) mass is 218 g/mol. The van der Waals surface area contributed by atoms with Gasteiger partial charge in [0.2, 0.25) is 0 Å². The Morgan fingerprint density at radius 3 is 0.800 bits per heavy atom. The molecular weight excluding hydrogens is 184 g/mol. The number of quaternary nitrogens is 2. The summed E-state index contributed by atoms with van der Waals surface area (Å²) >= 11 is 0. The Labute approximate surface area is 98.1 Å². The van der Waals surface area contributed by atoms with E-state index in [4.69, 9.17) is 0 Å². The quantitative estimate of drug-likeness (QED) is 0.622. The van der Waals surface area contributed by atoms with Gasteiger partial charge in [0.15, 0.2) is 0 Å². The minimum atomic E-state index is 1.14. The summed E-state index contributed by atoms with van der Waals surface area (Å²) in [6.07, 6.45) is 0. The molecule has 0 spiro atoms. The Kier molecular flexibility index (Phi) is 9.37. The van der Waals surface area contributed by atoms with Gasteiger partial charge >= 0.3 is 0 Å². The average Bonchev–Trinajstić information content (AvgIpc) is 2.29. The molecule has 0 bridgehead atoms. The minimum absolute atomic E-state index is 1.14. The largest absolute Gasteiger partial charge is 0.329 e. The molecule has 0 unspecified atom stereocenters. The van der Waals surface area contributed by atoms with Crippen LogP contribution in [-0.2, 0) is 0 Å². The van der Waals surface area contributed by atoms with Crippen molar-refractivity contribution in [3.8, 4) is 0 Å². The van der Waals surface area contributed by atoms with Gasteiger partial charge in [0.05, 0.1) is 53.9 Å². The van der Waals surface area contributed by atoms with Crippen LogP contribution in [0.1, 0.15) is 34.6 Å². The molecule has 0 aliphatic heterocycles. The molecule has 0 radical (unpaired) electrons. The maximum atomic E-state index is 2.29. The first-order valence-corrected chi connectivity index (χ1v) is 6.46. The standard InChI is InChI=1S/C7H18N.C6H16N/c1-5-8(4,6-2)7-3;1-5-7(3,4)6-2/h5-7H2,1-4H3;5-6H2,1-4H3/q2*+1. The van der Waals surface area contributed by atoms with Crippen LogP contribution in [-0.4, -0.2) is 62.8 Å². The van der Waals surface area contributed by atoms with Crippen LogP contribution in [0.4, 0.5) is 0 Å². The molecule has 0 atom stereocenters. The zero-order chi connectivity index (χ0) is 12.5. The zero-order valence-electron chi connectivity index (χ0n) is 12.4. The molecule has 0 fully saturated rings. The van der Waals surface area contributed by atoms with Crippen LogP contribution >= 0.6 is 0 Å². The molecule has 2 nitrogen and oxygen atoms in total. The van der Waals surface area contributed by atoms with Crippen molar-refractivity contribution in [1.82, 2.24) is 0 Å². The predicted molar refractivity (Wildman–Crippen MR) is 71.0 cm³/mol. The zero-order valence-corrected chi connectivity index (χ0v) is 12.4. The summed E-state index contributed by atoms with van der Waals surface area (Å²) in [7, 11) is 6.76. The molecule has 94 valence electrons. The van der Waals surface area contributed by atoms with E-state index in [1.54, 1.807) is 0 Å². The molecule has 0 amide bonds. The summed E-state index contributed by atoms with van der Waals surface area (Å²) in [4.78, 5) is 0. The Hall–Kier alpha value is -0.0800. The third-order valence-electron chi connectivity index (χ3n) is 4.00. The smallest absolute Gasteiger partial charge is 0.0755 e. The van der Waals surface area contributed by atoms with Crippen molar-refractivity contribution >= 4 is 0 Å². The maximum absolute atomic E-state index is 2.29. The van der Waals surface area contributed by atoms with Gasteiger partial charge in [-0.3, -0.25) is 0 Å². The van der Waals surface area contributed by atoms with Gasteiger partial charge in [-0.05, 0) is 34.6 Å². The van der Waals surface area contributed by atoms with Gasteiger partial charge in [-0.15, -0.1) is 0 Å². The second kappa shape index (κ2) is 8.12. The molecule has 0 aromatic carbocycles. The van der Waals surface area contributed by atoms with E-state index >= 15 is 0 Å². The van der Waals surface area contributed by atoms with Crippen LogP contribution in [0.2, 0.25) is 0 Å². The van der Waals surface area contributed by atoms with Crippen molar-refractivity contribution in [3.63, 3.8) is 0 Å². The van der Waals surface area contributed by atoms with E-state index in [2.05, 4.69) is 55.8 Å². The van der Waals surface area contributed by atoms with Gasteiger partial charge in [-0.2, -0.15) is 0 Å². The first-order valence-electron chi connectivity index (χ1n) is 6.46. The lowest BCUT2D eigenvalue weighted by molar-refractivity contribution is -0.904. The van der Waals surface area contributed by atoms with Crippen molar-refractivity contribution in [3.05, 3.63) is 0 Å². The summed E-state index contributed by atoms with van der Waals surface area (Å²) in [5.41, 5.74) is 0. The van der Waals surface area contributed by atoms with Gasteiger partial charge in [-0.1, -0.05) is 0 Å². The highest BCUT2D eigenvalue weighted by molar-refractivity contribution is 4.24. The molecule has 15 heavy (non-hydrogen) atoms. The van der Waals surface area contributed by atoms with Crippen molar-refractivity contribution in [2.24, 2.45) is 0 Å². The van der Waals surface area contributed by atoms with Gasteiger partial charge in [0.25, 0.3) is 0 Å². The number of hydrogen-bond donors (Lipinski definition) is 0. The molecule has 0 aliphatic rings. The highest BCUT2D eigenvalue weighted by atomic mass is 15.3. The van der Waals surface area contributed by atoms with E-state index < -0.39 is 0 Å². The first-order chi connectivity index (χ1) is 6.80. The van der Waals surface area contributed by atoms with Gasteiger partial charge in [-0.25, -0.2) is 0 Å². The number of hydrogen-bond acceptors (Lipinski definition) is 0. The van der Waals surface area contributed by atoms with Crippen LogP contribution in [0.3, 0.4) is 0 Å². The van der Waals surface area contributed by atoms with Crippen LogP contribution in [0.25, 0.3) is 0 Å². The fourth-order valence-corrected chi connectivity index (χ4v) is 0.894. The molecule has 0 aromatic heterocycles. The van der Waals surface area contributed by atoms with Crippen LogP contribution in [0.5, 0.6) is 0 Å². The van der Waals surface area contributed by atoms with Crippen molar-refractivity contribution in [1.29, 1.82) is 0 Å². The maximum Gasteiger partial charge on any atom is 0.0755 e. The average molecular weight is 218 g/mol. The van der Waals surface area contributed by atoms with Gasteiger partial charge in [0, 0.05) is 0 Å². The van der Waals surface area contributed by atoms with Gasteiger partial charge < -0.3 is 8.97 Å². The summed E-state index contributed by atoms with van der Waals surface area (Å²) in [5, 5.41) is 0. The summed E-state index contributed by atoms with van der Waals surface area (Å²) < 4.78 is 2.35. The third kappa shape index (κ3) is 8.88. The Balaban J connectivity index is 0. The molecule has 0 saturated carbocycles. The van der Waals surface area contributed by atoms with E-state index in [-0.39, 0.29) is 0 Å². The highest BCUT2D eigenvalue weighted by Crippen LogP contribution is 1.97. The molecule has 0 saturated heterocycles. The lowest BCUT2D eigenvalue weighted by Crippen LogP contribution is -2.42. The highest BCUT2D eigenvalue weighted by Gasteiger charge is 2.10. The predicted octanol–water partition coefficient (Wildman–Crippen LogP) is 2.60. The fraction of sp³-hybridized carbons (Fsp3) is 1.00.